The molecule has 5 heteroatoms. The quantitative estimate of drug-likeness (QED) is 0.731. The van der Waals surface area contributed by atoms with E-state index in [1.807, 2.05) is 0 Å². The first-order valence-corrected chi connectivity index (χ1v) is 4.74. The number of aliphatic hydroxyl groups is 1. The predicted octanol–water partition coefficient (Wildman–Crippen LogP) is 0.242. The van der Waals surface area contributed by atoms with Gasteiger partial charge in [-0.15, -0.1) is 0 Å². The molecule has 1 aliphatic rings. The van der Waals surface area contributed by atoms with Crippen molar-refractivity contribution in [1.82, 2.24) is 4.57 Å². The maximum Gasteiger partial charge on any atom is 0.341 e. The monoisotopic (exact) mass is 209 g/mol. The van der Waals surface area contributed by atoms with Crippen LogP contribution in [-0.4, -0.2) is 26.9 Å². The lowest BCUT2D eigenvalue weighted by Gasteiger charge is -2.33. The van der Waals surface area contributed by atoms with Crippen molar-refractivity contribution in [1.29, 1.82) is 0 Å². The lowest BCUT2D eigenvalue weighted by atomic mass is 9.89. The SMILES string of the molecule is O=C(O)c1cccn([C@@H]2CC[C@H]2O)c1=O. The average molecular weight is 209 g/mol. The first-order chi connectivity index (χ1) is 7.11. The van der Waals surface area contributed by atoms with Gasteiger partial charge in [0.15, 0.2) is 0 Å². The molecule has 1 fully saturated rings. The summed E-state index contributed by atoms with van der Waals surface area (Å²) in [6.07, 6.45) is 2.35. The molecule has 15 heavy (non-hydrogen) atoms. The Bertz CT molecular complexity index is 451. The maximum absolute atomic E-state index is 11.7. The van der Waals surface area contributed by atoms with Crippen LogP contribution < -0.4 is 5.56 Å². The number of pyridine rings is 1. The fourth-order valence-electron chi connectivity index (χ4n) is 1.72. The molecule has 1 heterocycles. The van der Waals surface area contributed by atoms with Gasteiger partial charge in [-0.3, -0.25) is 4.79 Å². The van der Waals surface area contributed by atoms with Crippen LogP contribution in [-0.2, 0) is 0 Å². The number of carbonyl (C=O) groups is 1. The van der Waals surface area contributed by atoms with Crippen LogP contribution in [0.25, 0.3) is 0 Å². The summed E-state index contributed by atoms with van der Waals surface area (Å²) in [4.78, 5) is 22.4. The molecule has 0 aromatic carbocycles. The molecule has 1 aliphatic carbocycles. The Hall–Kier alpha value is -1.62. The predicted molar refractivity (Wildman–Crippen MR) is 51.9 cm³/mol. The second-order valence-corrected chi connectivity index (χ2v) is 3.65. The first-order valence-electron chi connectivity index (χ1n) is 4.74. The molecular weight excluding hydrogens is 198 g/mol. The van der Waals surface area contributed by atoms with Crippen LogP contribution in [0.5, 0.6) is 0 Å². The molecule has 1 aromatic heterocycles. The number of carboxylic acid groups (broad SMARTS) is 1. The average Bonchev–Trinajstić information content (AvgIpc) is 2.18. The minimum absolute atomic E-state index is 0.253. The van der Waals surface area contributed by atoms with Crippen LogP contribution in [0.15, 0.2) is 23.1 Å². The van der Waals surface area contributed by atoms with Crippen molar-refractivity contribution >= 4 is 5.97 Å². The Morgan fingerprint density at radius 3 is 2.67 bits per heavy atom. The summed E-state index contributed by atoms with van der Waals surface area (Å²) >= 11 is 0. The van der Waals surface area contributed by atoms with Crippen molar-refractivity contribution in [2.45, 2.75) is 25.0 Å². The zero-order chi connectivity index (χ0) is 11.0. The molecule has 0 aliphatic heterocycles. The van der Waals surface area contributed by atoms with Gasteiger partial charge in [0, 0.05) is 6.20 Å². The zero-order valence-corrected chi connectivity index (χ0v) is 7.96. The zero-order valence-electron chi connectivity index (χ0n) is 7.96. The van der Waals surface area contributed by atoms with E-state index in [2.05, 4.69) is 0 Å². The van der Waals surface area contributed by atoms with Crippen molar-refractivity contribution in [2.24, 2.45) is 0 Å². The van der Waals surface area contributed by atoms with Gasteiger partial charge >= 0.3 is 5.97 Å². The van der Waals surface area contributed by atoms with E-state index in [4.69, 9.17) is 5.11 Å². The molecule has 5 nitrogen and oxygen atoms in total. The van der Waals surface area contributed by atoms with E-state index in [0.29, 0.717) is 12.8 Å². The summed E-state index contributed by atoms with van der Waals surface area (Å²) < 4.78 is 1.30. The lowest BCUT2D eigenvalue weighted by Crippen LogP contribution is -2.40. The van der Waals surface area contributed by atoms with Crippen LogP contribution in [0.3, 0.4) is 0 Å². The van der Waals surface area contributed by atoms with Gasteiger partial charge in [0.1, 0.15) is 5.56 Å². The summed E-state index contributed by atoms with van der Waals surface area (Å²) in [6.45, 7) is 0. The molecule has 2 atom stereocenters. The fourth-order valence-corrected chi connectivity index (χ4v) is 1.72. The second kappa shape index (κ2) is 3.51. The van der Waals surface area contributed by atoms with E-state index >= 15 is 0 Å². The molecule has 2 rings (SSSR count). The number of aliphatic hydroxyl groups excluding tert-OH is 1. The van der Waals surface area contributed by atoms with Crippen LogP contribution in [0, 0.1) is 0 Å². The summed E-state index contributed by atoms with van der Waals surface area (Å²) in [6, 6.07) is 2.51. The first kappa shape index (κ1) is 9.92. The maximum atomic E-state index is 11.7. The van der Waals surface area contributed by atoms with Gasteiger partial charge < -0.3 is 14.8 Å². The minimum atomic E-state index is -1.23. The molecule has 0 bridgehead atoms. The summed E-state index contributed by atoms with van der Waals surface area (Å²) in [5.74, 6) is -1.23. The van der Waals surface area contributed by atoms with Gasteiger partial charge in [-0.05, 0) is 25.0 Å². The Balaban J connectivity index is 2.45. The Morgan fingerprint density at radius 1 is 1.47 bits per heavy atom. The van der Waals surface area contributed by atoms with E-state index in [0.717, 1.165) is 0 Å². The molecule has 1 aromatic rings. The topological polar surface area (TPSA) is 79.5 Å². The van der Waals surface area contributed by atoms with Crippen LogP contribution in [0.2, 0.25) is 0 Å². The number of rotatable bonds is 2. The van der Waals surface area contributed by atoms with E-state index < -0.39 is 17.6 Å². The van der Waals surface area contributed by atoms with Crippen LogP contribution in [0.1, 0.15) is 29.2 Å². The second-order valence-electron chi connectivity index (χ2n) is 3.65. The van der Waals surface area contributed by atoms with Crippen LogP contribution in [0.4, 0.5) is 0 Å². The van der Waals surface area contributed by atoms with Crippen molar-refractivity contribution < 1.29 is 15.0 Å². The van der Waals surface area contributed by atoms with Gasteiger partial charge in [0.2, 0.25) is 0 Å². The number of hydrogen-bond acceptors (Lipinski definition) is 3. The van der Waals surface area contributed by atoms with Crippen molar-refractivity contribution in [3.05, 3.63) is 34.2 Å². The number of aromatic nitrogens is 1. The van der Waals surface area contributed by atoms with Gasteiger partial charge in [-0.2, -0.15) is 0 Å². The molecule has 0 unspecified atom stereocenters. The number of nitrogens with zero attached hydrogens (tertiary/aromatic N) is 1. The van der Waals surface area contributed by atoms with Crippen molar-refractivity contribution in [3.8, 4) is 0 Å². The molecule has 0 radical (unpaired) electrons. The van der Waals surface area contributed by atoms with Gasteiger partial charge in [0.25, 0.3) is 5.56 Å². The van der Waals surface area contributed by atoms with Crippen LogP contribution >= 0.6 is 0 Å². The van der Waals surface area contributed by atoms with Gasteiger partial charge in [0.05, 0.1) is 12.1 Å². The largest absolute Gasteiger partial charge is 0.477 e. The van der Waals surface area contributed by atoms with E-state index in [1.165, 1.54) is 22.9 Å². The molecule has 0 saturated heterocycles. The number of hydrogen-bond donors (Lipinski definition) is 2. The molecule has 2 N–H and O–H groups in total. The highest BCUT2D eigenvalue weighted by Gasteiger charge is 2.31. The molecule has 0 amide bonds. The summed E-state index contributed by atoms with van der Waals surface area (Å²) in [5, 5.41) is 18.2. The number of aromatic carboxylic acids is 1. The van der Waals surface area contributed by atoms with Crippen molar-refractivity contribution in [2.75, 3.05) is 0 Å². The molecular formula is C10H11NO4. The Kier molecular flexibility index (Phi) is 2.32. The summed E-state index contributed by atoms with van der Waals surface area (Å²) in [5.41, 5.74) is -0.801. The highest BCUT2D eigenvalue weighted by molar-refractivity contribution is 5.86. The van der Waals surface area contributed by atoms with Gasteiger partial charge in [-0.1, -0.05) is 0 Å². The highest BCUT2D eigenvalue weighted by Crippen LogP contribution is 2.30. The fraction of sp³-hybridized carbons (Fsp3) is 0.400. The number of carboxylic acids is 1. The third kappa shape index (κ3) is 1.55. The third-order valence-corrected chi connectivity index (χ3v) is 2.76. The Morgan fingerprint density at radius 2 is 2.20 bits per heavy atom. The lowest BCUT2D eigenvalue weighted by molar-refractivity contribution is 0.0294. The van der Waals surface area contributed by atoms with Gasteiger partial charge in [-0.25, -0.2) is 4.79 Å². The highest BCUT2D eigenvalue weighted by atomic mass is 16.4. The van der Waals surface area contributed by atoms with E-state index in [1.54, 1.807) is 0 Å². The normalized spacial score (nSPS) is 24.6. The molecule has 1 saturated carbocycles. The summed E-state index contributed by atoms with van der Waals surface area (Å²) in [7, 11) is 0. The van der Waals surface area contributed by atoms with E-state index in [9.17, 15) is 14.7 Å². The third-order valence-electron chi connectivity index (χ3n) is 2.76. The van der Waals surface area contributed by atoms with Crippen molar-refractivity contribution in [3.63, 3.8) is 0 Å². The molecule has 80 valence electrons. The smallest absolute Gasteiger partial charge is 0.341 e. The Labute approximate surface area is 85.6 Å². The standard InChI is InChI=1S/C10H11NO4/c12-8-4-3-7(8)11-5-1-2-6(9(11)13)10(14)15/h1-2,5,7-8,12H,3-4H2,(H,14,15)/t7-,8-/m1/s1. The molecule has 0 spiro atoms. The van der Waals surface area contributed by atoms with E-state index in [-0.39, 0.29) is 11.6 Å². The minimum Gasteiger partial charge on any atom is -0.477 e.